The van der Waals surface area contributed by atoms with Crippen molar-refractivity contribution in [3.05, 3.63) is 71.4 Å². The highest BCUT2D eigenvalue weighted by Crippen LogP contribution is 2.39. The molecule has 0 saturated carbocycles. The van der Waals surface area contributed by atoms with Crippen LogP contribution in [0.25, 0.3) is 10.9 Å². The number of likely N-dealkylation sites (tertiary alicyclic amines) is 1. The molecule has 2 aromatic carbocycles. The third kappa shape index (κ3) is 6.14. The van der Waals surface area contributed by atoms with Gasteiger partial charge in [-0.05, 0) is 88.2 Å². The van der Waals surface area contributed by atoms with Gasteiger partial charge in [0, 0.05) is 68.0 Å². The van der Waals surface area contributed by atoms with Gasteiger partial charge in [0.25, 0.3) is 0 Å². The van der Waals surface area contributed by atoms with E-state index in [9.17, 15) is 5.11 Å². The van der Waals surface area contributed by atoms with Gasteiger partial charge in [-0.25, -0.2) is 0 Å². The molecular formula is C33H47N5O. The van der Waals surface area contributed by atoms with Gasteiger partial charge < -0.3 is 10.4 Å². The molecule has 2 aliphatic heterocycles. The van der Waals surface area contributed by atoms with E-state index in [1.165, 1.54) is 28.5 Å². The number of fused-ring (bicyclic) bond motifs is 1. The predicted molar refractivity (Wildman–Crippen MR) is 161 cm³/mol. The summed E-state index contributed by atoms with van der Waals surface area (Å²) in [6.07, 6.45) is 6.55. The Morgan fingerprint density at radius 2 is 1.79 bits per heavy atom. The molecule has 1 aromatic heterocycles. The number of benzene rings is 2. The van der Waals surface area contributed by atoms with Gasteiger partial charge in [-0.1, -0.05) is 37.6 Å². The van der Waals surface area contributed by atoms with E-state index in [-0.39, 0.29) is 5.54 Å². The summed E-state index contributed by atoms with van der Waals surface area (Å²) in [6, 6.07) is 18.5. The molecule has 0 radical (unpaired) electrons. The number of rotatable bonds is 8. The molecule has 5 rings (SSSR count). The van der Waals surface area contributed by atoms with Crippen molar-refractivity contribution in [2.75, 3.05) is 40.3 Å². The molecule has 3 aromatic rings. The first kappa shape index (κ1) is 28.0. The highest BCUT2D eigenvalue weighted by Gasteiger charge is 2.38. The number of piperazine rings is 1. The van der Waals surface area contributed by atoms with E-state index >= 15 is 0 Å². The van der Waals surface area contributed by atoms with Crippen molar-refractivity contribution in [1.82, 2.24) is 25.0 Å². The molecule has 2 aliphatic rings. The van der Waals surface area contributed by atoms with Crippen LogP contribution in [0.1, 0.15) is 69.2 Å². The maximum Gasteiger partial charge on any atom is 0.115 e. The minimum Gasteiger partial charge on any atom is -0.508 e. The van der Waals surface area contributed by atoms with Gasteiger partial charge in [0.1, 0.15) is 5.75 Å². The fourth-order valence-corrected chi connectivity index (χ4v) is 7.05. The van der Waals surface area contributed by atoms with Crippen LogP contribution in [0.15, 0.2) is 54.7 Å². The maximum absolute atomic E-state index is 10.1. The lowest BCUT2D eigenvalue weighted by atomic mass is 9.79. The Morgan fingerprint density at radius 3 is 2.46 bits per heavy atom. The predicted octanol–water partition coefficient (Wildman–Crippen LogP) is 5.52. The number of aromatic nitrogens is 1. The summed E-state index contributed by atoms with van der Waals surface area (Å²) in [5, 5.41) is 15.0. The molecule has 6 heteroatoms. The number of phenolic OH excluding ortho intramolecular Hbond substituents is 1. The summed E-state index contributed by atoms with van der Waals surface area (Å²) >= 11 is 0. The van der Waals surface area contributed by atoms with Gasteiger partial charge >= 0.3 is 0 Å². The number of hydrogen-bond donors (Lipinski definition) is 2. The number of aromatic hydroxyl groups is 1. The highest BCUT2D eigenvalue weighted by atomic mass is 16.3. The summed E-state index contributed by atoms with van der Waals surface area (Å²) in [5.41, 5.74) is 4.94. The maximum atomic E-state index is 10.1. The molecule has 39 heavy (non-hydrogen) atoms. The van der Waals surface area contributed by atoms with Gasteiger partial charge in [0.05, 0.1) is 5.52 Å². The van der Waals surface area contributed by atoms with Crippen molar-refractivity contribution in [2.45, 2.75) is 76.7 Å². The SMILES string of the molecule is CCCC(c1cnc2cc(CN3CCC(c4cccc(O)c4)(N(C)C)CC3)ccc2c1)N1CC(C)NC(C)C1. The number of hydrogen-bond acceptors (Lipinski definition) is 6. The first-order valence-corrected chi connectivity index (χ1v) is 14.9. The average Bonchev–Trinajstić information content (AvgIpc) is 2.91. The van der Waals surface area contributed by atoms with Crippen LogP contribution in [-0.4, -0.2) is 77.1 Å². The molecule has 2 saturated heterocycles. The summed E-state index contributed by atoms with van der Waals surface area (Å²) in [7, 11) is 4.33. The van der Waals surface area contributed by atoms with Crippen LogP contribution < -0.4 is 5.32 Å². The van der Waals surface area contributed by atoms with Crippen molar-refractivity contribution < 1.29 is 5.11 Å². The standard InChI is InChI=1S/C33H47N5O/c1-6-8-32(38-21-24(2)35-25(3)22-38)28-18-27-12-11-26(17-31(27)34-20-28)23-37-15-13-33(14-16-37,36(4)5)29-9-7-10-30(39)19-29/h7,9-12,17-20,24-25,32,35,39H,6,8,13-16,21-23H2,1-5H3. The lowest BCUT2D eigenvalue weighted by Crippen LogP contribution is -2.55. The molecule has 0 bridgehead atoms. The van der Waals surface area contributed by atoms with E-state index in [1.54, 1.807) is 6.07 Å². The van der Waals surface area contributed by atoms with E-state index in [2.05, 4.69) is 91.4 Å². The second-order valence-corrected chi connectivity index (χ2v) is 12.3. The second-order valence-electron chi connectivity index (χ2n) is 12.3. The fraction of sp³-hybridized carbons (Fsp3) is 0.545. The summed E-state index contributed by atoms with van der Waals surface area (Å²) < 4.78 is 0. The molecule has 3 unspecified atom stereocenters. The first-order chi connectivity index (χ1) is 18.8. The van der Waals surface area contributed by atoms with E-state index < -0.39 is 0 Å². The van der Waals surface area contributed by atoms with Crippen molar-refractivity contribution in [1.29, 1.82) is 0 Å². The average molecular weight is 530 g/mol. The third-order valence-corrected chi connectivity index (χ3v) is 9.07. The Hall–Kier alpha value is -2.51. The number of pyridine rings is 1. The Bertz CT molecular complexity index is 1240. The van der Waals surface area contributed by atoms with Crippen LogP contribution in [0.5, 0.6) is 5.75 Å². The topological polar surface area (TPSA) is 54.9 Å². The lowest BCUT2D eigenvalue weighted by molar-refractivity contribution is 0.0506. The van der Waals surface area contributed by atoms with Gasteiger partial charge in [-0.3, -0.25) is 19.7 Å². The summed E-state index contributed by atoms with van der Waals surface area (Å²) in [4.78, 5) is 12.5. The molecule has 3 heterocycles. The van der Waals surface area contributed by atoms with Crippen LogP contribution in [0.4, 0.5) is 0 Å². The van der Waals surface area contributed by atoms with E-state index in [0.29, 0.717) is 23.9 Å². The molecule has 3 atom stereocenters. The molecule has 6 nitrogen and oxygen atoms in total. The fourth-order valence-electron chi connectivity index (χ4n) is 7.05. The van der Waals surface area contributed by atoms with E-state index in [4.69, 9.17) is 4.98 Å². The Balaban J connectivity index is 1.28. The molecular weight excluding hydrogens is 482 g/mol. The minimum absolute atomic E-state index is 0.0361. The van der Waals surface area contributed by atoms with E-state index in [1.807, 2.05) is 12.1 Å². The molecule has 2 fully saturated rings. The molecule has 2 N–H and O–H groups in total. The number of nitrogens with one attached hydrogen (secondary N) is 1. The molecule has 0 amide bonds. The van der Waals surface area contributed by atoms with Crippen LogP contribution in [0.2, 0.25) is 0 Å². The smallest absolute Gasteiger partial charge is 0.115 e. The lowest BCUT2D eigenvalue weighted by Gasteiger charge is -2.46. The van der Waals surface area contributed by atoms with Gasteiger partial charge in [0.15, 0.2) is 0 Å². The first-order valence-electron chi connectivity index (χ1n) is 14.9. The second kappa shape index (κ2) is 11.9. The zero-order valence-corrected chi connectivity index (χ0v) is 24.5. The van der Waals surface area contributed by atoms with Gasteiger partial charge in [-0.2, -0.15) is 0 Å². The van der Waals surface area contributed by atoms with Crippen LogP contribution in [0, 0.1) is 0 Å². The molecule has 0 spiro atoms. The molecule has 210 valence electrons. The summed E-state index contributed by atoms with van der Waals surface area (Å²) in [5.74, 6) is 0.348. The van der Waals surface area contributed by atoms with Crippen LogP contribution in [-0.2, 0) is 12.1 Å². The third-order valence-electron chi connectivity index (χ3n) is 9.07. The largest absolute Gasteiger partial charge is 0.508 e. The van der Waals surface area contributed by atoms with Crippen molar-refractivity contribution in [3.63, 3.8) is 0 Å². The van der Waals surface area contributed by atoms with Gasteiger partial charge in [-0.15, -0.1) is 0 Å². The van der Waals surface area contributed by atoms with Crippen LogP contribution in [0.3, 0.4) is 0 Å². The van der Waals surface area contributed by atoms with Crippen molar-refractivity contribution in [2.24, 2.45) is 0 Å². The Labute approximate surface area is 235 Å². The van der Waals surface area contributed by atoms with E-state index in [0.717, 1.165) is 57.5 Å². The number of phenols is 1. The Morgan fingerprint density at radius 1 is 1.05 bits per heavy atom. The normalized spacial score (nSPS) is 23.3. The molecule has 0 aliphatic carbocycles. The zero-order valence-electron chi connectivity index (χ0n) is 24.5. The van der Waals surface area contributed by atoms with Crippen molar-refractivity contribution in [3.8, 4) is 5.75 Å². The minimum atomic E-state index is -0.0361. The monoisotopic (exact) mass is 529 g/mol. The highest BCUT2D eigenvalue weighted by molar-refractivity contribution is 5.79. The number of nitrogens with zero attached hydrogens (tertiary/aromatic N) is 4. The Kier molecular flexibility index (Phi) is 8.57. The van der Waals surface area contributed by atoms with Crippen molar-refractivity contribution >= 4 is 10.9 Å². The van der Waals surface area contributed by atoms with Crippen LogP contribution >= 0.6 is 0 Å². The quantitative estimate of drug-likeness (QED) is 0.401. The van der Waals surface area contributed by atoms with Gasteiger partial charge in [0.2, 0.25) is 0 Å². The summed E-state index contributed by atoms with van der Waals surface area (Å²) in [6.45, 7) is 12.0. The zero-order chi connectivity index (χ0) is 27.6. The number of piperidine rings is 1.